The SMILES string of the molecule is O=C(O)/C=C/CNC(=O)c1cccc(F)c1NC(=O)OCC1c2ccccc2-c2ccccc21. The number of nitrogens with one attached hydrogen (secondary N) is 2. The molecule has 0 heterocycles. The van der Waals surface area contributed by atoms with Crippen LogP contribution in [0.4, 0.5) is 14.9 Å². The van der Waals surface area contributed by atoms with Gasteiger partial charge in [0.25, 0.3) is 5.91 Å². The molecule has 1 aliphatic rings. The number of hydrogen-bond acceptors (Lipinski definition) is 4. The minimum Gasteiger partial charge on any atom is -0.478 e. The van der Waals surface area contributed by atoms with Gasteiger partial charge in [0.1, 0.15) is 12.4 Å². The van der Waals surface area contributed by atoms with E-state index in [-0.39, 0.29) is 30.3 Å². The van der Waals surface area contributed by atoms with Crippen LogP contribution in [0.25, 0.3) is 11.1 Å². The van der Waals surface area contributed by atoms with E-state index in [1.807, 2.05) is 48.5 Å². The van der Waals surface area contributed by atoms with Gasteiger partial charge >= 0.3 is 12.1 Å². The van der Waals surface area contributed by atoms with Gasteiger partial charge in [0.2, 0.25) is 0 Å². The minimum atomic E-state index is -1.15. The van der Waals surface area contributed by atoms with Crippen LogP contribution >= 0.6 is 0 Å². The highest BCUT2D eigenvalue weighted by atomic mass is 19.1. The fourth-order valence-electron chi connectivity index (χ4n) is 3.98. The Morgan fingerprint density at radius 2 is 1.59 bits per heavy atom. The summed E-state index contributed by atoms with van der Waals surface area (Å²) in [4.78, 5) is 35.5. The second-order valence-corrected chi connectivity index (χ2v) is 7.56. The molecule has 3 aromatic rings. The third kappa shape index (κ3) is 4.80. The van der Waals surface area contributed by atoms with E-state index in [2.05, 4.69) is 10.6 Å². The van der Waals surface area contributed by atoms with Gasteiger partial charge in [-0.25, -0.2) is 14.0 Å². The van der Waals surface area contributed by atoms with E-state index in [1.54, 1.807) is 0 Å². The number of carbonyl (C=O) groups is 3. The first kappa shape index (κ1) is 22.7. The molecule has 3 aromatic carbocycles. The maximum atomic E-state index is 14.5. The first-order valence-electron chi connectivity index (χ1n) is 10.5. The smallest absolute Gasteiger partial charge is 0.411 e. The van der Waals surface area contributed by atoms with E-state index < -0.39 is 23.8 Å². The lowest BCUT2D eigenvalue weighted by Crippen LogP contribution is -2.26. The predicted molar refractivity (Wildman–Crippen MR) is 124 cm³/mol. The number of carboxylic acid groups (broad SMARTS) is 1. The molecular weight excluding hydrogens is 439 g/mol. The number of para-hydroxylation sites is 1. The highest BCUT2D eigenvalue weighted by Gasteiger charge is 2.29. The summed E-state index contributed by atoms with van der Waals surface area (Å²) >= 11 is 0. The average Bonchev–Trinajstić information content (AvgIpc) is 3.15. The van der Waals surface area contributed by atoms with Crippen LogP contribution in [-0.4, -0.2) is 36.2 Å². The van der Waals surface area contributed by atoms with Gasteiger partial charge in [0.05, 0.1) is 11.3 Å². The van der Waals surface area contributed by atoms with E-state index in [9.17, 15) is 18.8 Å². The van der Waals surface area contributed by atoms with Crippen molar-refractivity contribution < 1.29 is 28.6 Å². The molecule has 7 nitrogen and oxygen atoms in total. The van der Waals surface area contributed by atoms with E-state index in [0.717, 1.165) is 34.4 Å². The van der Waals surface area contributed by atoms with E-state index in [0.29, 0.717) is 0 Å². The monoisotopic (exact) mass is 460 g/mol. The first-order valence-corrected chi connectivity index (χ1v) is 10.5. The number of rotatable bonds is 7. The molecule has 0 bridgehead atoms. The van der Waals surface area contributed by atoms with Gasteiger partial charge < -0.3 is 15.2 Å². The lowest BCUT2D eigenvalue weighted by Gasteiger charge is -2.16. The molecule has 8 heteroatoms. The number of fused-ring (bicyclic) bond motifs is 3. The number of benzene rings is 3. The van der Waals surface area contributed by atoms with Gasteiger partial charge in [-0.15, -0.1) is 0 Å². The number of carbonyl (C=O) groups excluding carboxylic acids is 2. The van der Waals surface area contributed by atoms with Crippen molar-refractivity contribution in [3.05, 3.63) is 101 Å². The molecular formula is C26H21FN2O5. The summed E-state index contributed by atoms with van der Waals surface area (Å²) in [5.74, 6) is -2.80. The number of anilines is 1. The van der Waals surface area contributed by atoms with Crippen LogP contribution in [0, 0.1) is 5.82 Å². The maximum absolute atomic E-state index is 14.5. The van der Waals surface area contributed by atoms with E-state index in [1.165, 1.54) is 18.2 Å². The van der Waals surface area contributed by atoms with Crippen molar-refractivity contribution in [1.82, 2.24) is 5.32 Å². The molecule has 0 aromatic heterocycles. The minimum absolute atomic E-state index is 0.0375. The molecule has 172 valence electrons. The predicted octanol–water partition coefficient (Wildman–Crippen LogP) is 4.56. The van der Waals surface area contributed by atoms with Crippen LogP contribution in [-0.2, 0) is 9.53 Å². The van der Waals surface area contributed by atoms with Crippen LogP contribution < -0.4 is 10.6 Å². The van der Waals surface area contributed by atoms with E-state index in [4.69, 9.17) is 9.84 Å². The zero-order valence-corrected chi connectivity index (χ0v) is 18.0. The van der Waals surface area contributed by atoms with Gasteiger partial charge in [-0.2, -0.15) is 0 Å². The quantitative estimate of drug-likeness (QED) is 0.449. The number of hydrogen-bond donors (Lipinski definition) is 3. The Bertz CT molecular complexity index is 1240. The first-order chi connectivity index (χ1) is 16.5. The molecule has 0 spiro atoms. The van der Waals surface area contributed by atoms with Crippen LogP contribution in [0.2, 0.25) is 0 Å². The number of amides is 2. The highest BCUT2D eigenvalue weighted by molar-refractivity contribution is 6.02. The molecule has 0 atom stereocenters. The summed E-state index contributed by atoms with van der Waals surface area (Å²) in [6, 6.07) is 19.6. The third-order valence-electron chi connectivity index (χ3n) is 5.47. The average molecular weight is 460 g/mol. The Morgan fingerprint density at radius 3 is 2.24 bits per heavy atom. The lowest BCUT2D eigenvalue weighted by atomic mass is 9.98. The van der Waals surface area contributed by atoms with Gasteiger partial charge in [-0.1, -0.05) is 60.7 Å². The van der Waals surface area contributed by atoms with Crippen molar-refractivity contribution in [1.29, 1.82) is 0 Å². The fourth-order valence-corrected chi connectivity index (χ4v) is 3.98. The van der Waals surface area contributed by atoms with Crippen molar-refractivity contribution >= 4 is 23.7 Å². The molecule has 4 rings (SSSR count). The Balaban J connectivity index is 1.45. The molecule has 0 saturated carbocycles. The maximum Gasteiger partial charge on any atom is 0.411 e. The van der Waals surface area contributed by atoms with Gasteiger partial charge in [0, 0.05) is 18.5 Å². The molecule has 0 saturated heterocycles. The molecule has 1 aliphatic carbocycles. The van der Waals surface area contributed by atoms with Crippen LogP contribution in [0.5, 0.6) is 0 Å². The standard InChI is InChI=1S/C26H21FN2O5/c27-22-12-5-11-20(25(32)28-14-6-13-23(30)31)24(22)29-26(33)34-15-21-18-9-3-1-7-16(18)17-8-2-4-10-19(17)21/h1-13,21H,14-15H2,(H,28,32)(H,29,33)(H,30,31)/b13-6+. The summed E-state index contributed by atoms with van der Waals surface area (Å²) in [6.07, 6.45) is 1.21. The van der Waals surface area contributed by atoms with Crippen molar-refractivity contribution in [2.75, 3.05) is 18.5 Å². The molecule has 0 fully saturated rings. The summed E-state index contributed by atoms with van der Waals surface area (Å²) in [5, 5.41) is 13.4. The van der Waals surface area contributed by atoms with Crippen molar-refractivity contribution in [3.63, 3.8) is 0 Å². The summed E-state index contributed by atoms with van der Waals surface area (Å²) in [5.41, 5.74) is 3.81. The number of carboxylic acids is 1. The molecule has 34 heavy (non-hydrogen) atoms. The van der Waals surface area contributed by atoms with Gasteiger partial charge in [0.15, 0.2) is 0 Å². The lowest BCUT2D eigenvalue weighted by molar-refractivity contribution is -0.131. The zero-order valence-electron chi connectivity index (χ0n) is 18.0. The number of ether oxygens (including phenoxy) is 1. The summed E-state index contributed by atoms with van der Waals surface area (Å²) in [6.45, 7) is -0.0398. The molecule has 0 unspecified atom stereocenters. The third-order valence-corrected chi connectivity index (χ3v) is 5.47. The van der Waals surface area contributed by atoms with Gasteiger partial charge in [-0.05, 0) is 34.4 Å². The van der Waals surface area contributed by atoms with Crippen LogP contribution in [0.15, 0.2) is 78.9 Å². The van der Waals surface area contributed by atoms with Gasteiger partial charge in [-0.3, -0.25) is 10.1 Å². The van der Waals surface area contributed by atoms with Crippen molar-refractivity contribution in [2.45, 2.75) is 5.92 Å². The van der Waals surface area contributed by atoms with Crippen LogP contribution in [0.3, 0.4) is 0 Å². The molecule has 2 amide bonds. The Kier molecular flexibility index (Phi) is 6.68. The summed E-state index contributed by atoms with van der Waals surface area (Å²) < 4.78 is 19.9. The topological polar surface area (TPSA) is 105 Å². The highest BCUT2D eigenvalue weighted by Crippen LogP contribution is 2.44. The number of halogens is 1. The fraction of sp³-hybridized carbons (Fsp3) is 0.115. The van der Waals surface area contributed by atoms with E-state index >= 15 is 0 Å². The second kappa shape index (κ2) is 9.99. The normalized spacial score (nSPS) is 12.1. The Hall–Kier alpha value is -4.46. The van der Waals surface area contributed by atoms with Crippen molar-refractivity contribution in [2.24, 2.45) is 0 Å². The number of aliphatic carboxylic acids is 1. The second-order valence-electron chi connectivity index (χ2n) is 7.56. The molecule has 3 N–H and O–H groups in total. The van der Waals surface area contributed by atoms with Crippen molar-refractivity contribution in [3.8, 4) is 11.1 Å². The molecule has 0 aliphatic heterocycles. The largest absolute Gasteiger partial charge is 0.478 e. The Morgan fingerprint density at radius 1 is 0.941 bits per heavy atom. The Labute approximate surface area is 194 Å². The summed E-state index contributed by atoms with van der Waals surface area (Å²) in [7, 11) is 0. The van der Waals surface area contributed by atoms with Crippen LogP contribution in [0.1, 0.15) is 27.4 Å². The molecule has 0 radical (unpaired) electrons. The zero-order chi connectivity index (χ0) is 24.1.